The topological polar surface area (TPSA) is 92.2 Å². The minimum Gasteiger partial charge on any atom is -0.369 e. The van der Waals surface area contributed by atoms with Crippen molar-refractivity contribution in [2.24, 2.45) is 20.7 Å². The molecule has 0 aliphatic carbocycles. The molecule has 12 heavy (non-hydrogen) atoms. The first-order valence-electron chi connectivity index (χ1n) is 3.40. The van der Waals surface area contributed by atoms with Gasteiger partial charge in [0, 0.05) is 0 Å². The minimum atomic E-state index is -0.969. The molecule has 62 valence electrons. The third kappa shape index (κ3) is 0.687. The lowest BCUT2D eigenvalue weighted by Crippen LogP contribution is -2.55. The van der Waals surface area contributed by atoms with E-state index in [1.807, 2.05) is 0 Å². The molecule has 2 rings (SSSR count). The van der Waals surface area contributed by atoms with E-state index < -0.39 is 5.54 Å². The lowest BCUT2D eigenvalue weighted by Gasteiger charge is -2.23. The highest BCUT2D eigenvalue weighted by atomic mass is 16.2. The number of fused-ring (bicyclic) bond motifs is 1. The highest BCUT2D eigenvalue weighted by Crippen LogP contribution is 2.20. The monoisotopic (exact) mass is 165 g/mol. The van der Waals surface area contributed by atoms with Crippen LogP contribution < -0.4 is 11.1 Å². The van der Waals surface area contributed by atoms with Gasteiger partial charge in [0.25, 0.3) is 5.91 Å². The van der Waals surface area contributed by atoms with Gasteiger partial charge in [0.05, 0.1) is 0 Å². The van der Waals surface area contributed by atoms with Gasteiger partial charge in [-0.3, -0.25) is 10.1 Å². The van der Waals surface area contributed by atoms with Crippen LogP contribution in [0.4, 0.5) is 0 Å². The van der Waals surface area contributed by atoms with Gasteiger partial charge in [-0.1, -0.05) is 0 Å². The van der Waals surface area contributed by atoms with Crippen LogP contribution in [0.25, 0.3) is 0 Å². The zero-order valence-electron chi connectivity index (χ0n) is 6.40. The zero-order valence-corrected chi connectivity index (χ0v) is 6.40. The van der Waals surface area contributed by atoms with Crippen molar-refractivity contribution in [3.05, 3.63) is 0 Å². The average Bonchev–Trinajstić information content (AvgIpc) is 2.33. The Morgan fingerprint density at radius 2 is 2.42 bits per heavy atom. The molecule has 2 aliphatic rings. The fourth-order valence-corrected chi connectivity index (χ4v) is 1.06. The van der Waals surface area contributed by atoms with Crippen molar-refractivity contribution in [1.82, 2.24) is 5.32 Å². The zero-order chi connectivity index (χ0) is 8.77. The van der Waals surface area contributed by atoms with Gasteiger partial charge < -0.3 is 5.73 Å². The lowest BCUT2D eigenvalue weighted by molar-refractivity contribution is -0.122. The van der Waals surface area contributed by atoms with Crippen molar-refractivity contribution in [2.45, 2.75) is 12.5 Å². The van der Waals surface area contributed by atoms with Crippen LogP contribution in [-0.2, 0) is 4.79 Å². The van der Waals surface area contributed by atoms with Gasteiger partial charge in [0.2, 0.25) is 5.96 Å². The Hall–Kier alpha value is -1.72. The van der Waals surface area contributed by atoms with Gasteiger partial charge in [0.15, 0.2) is 11.4 Å². The summed E-state index contributed by atoms with van der Waals surface area (Å²) < 4.78 is 0. The van der Waals surface area contributed by atoms with E-state index >= 15 is 0 Å². The molecule has 0 aromatic heterocycles. The third-order valence-electron chi connectivity index (χ3n) is 1.84. The normalized spacial score (nSPS) is 32.2. The number of carbonyl (C=O) groups is 1. The highest BCUT2D eigenvalue weighted by Gasteiger charge is 2.43. The Bertz CT molecular complexity index is 339. The molecule has 6 nitrogen and oxygen atoms in total. The molecule has 0 fully saturated rings. The van der Waals surface area contributed by atoms with Crippen molar-refractivity contribution in [3.8, 4) is 0 Å². The highest BCUT2D eigenvalue weighted by molar-refractivity contribution is 6.25. The summed E-state index contributed by atoms with van der Waals surface area (Å²) >= 11 is 0. The second kappa shape index (κ2) is 1.90. The number of amides is 1. The Morgan fingerprint density at radius 3 is 3.17 bits per heavy atom. The first-order valence-corrected chi connectivity index (χ1v) is 3.40. The molecule has 0 aromatic rings. The standard InChI is InChI=1S/C6H7N5O/c1-6-3(8-2-9-6)10-5(7)11-4(6)12/h2H,1H3,(H3,7,8,9,10,11,12). The number of guanidine groups is 1. The van der Waals surface area contributed by atoms with E-state index in [9.17, 15) is 4.79 Å². The second-order valence-electron chi connectivity index (χ2n) is 2.72. The third-order valence-corrected chi connectivity index (χ3v) is 1.84. The van der Waals surface area contributed by atoms with Gasteiger partial charge in [0.1, 0.15) is 6.34 Å². The molecule has 0 spiro atoms. The van der Waals surface area contributed by atoms with Crippen LogP contribution in [0.3, 0.4) is 0 Å². The smallest absolute Gasteiger partial charge is 0.262 e. The summed E-state index contributed by atoms with van der Waals surface area (Å²) in [6, 6.07) is 0. The Morgan fingerprint density at radius 1 is 1.67 bits per heavy atom. The molecule has 0 aromatic carbocycles. The number of nitrogens with two attached hydrogens (primary N) is 1. The maximum Gasteiger partial charge on any atom is 0.262 e. The fourth-order valence-electron chi connectivity index (χ4n) is 1.06. The molecular weight excluding hydrogens is 158 g/mol. The number of hydrogen-bond acceptors (Lipinski definition) is 5. The SMILES string of the molecule is CC12N=CN=C1N=C(N)NC2=O. The van der Waals surface area contributed by atoms with E-state index in [1.54, 1.807) is 6.92 Å². The molecule has 6 heteroatoms. The van der Waals surface area contributed by atoms with Crippen LogP contribution in [0.5, 0.6) is 0 Å². The Balaban J connectivity index is 2.53. The van der Waals surface area contributed by atoms with Crippen LogP contribution in [-0.4, -0.2) is 29.6 Å². The number of nitrogens with one attached hydrogen (secondary N) is 1. The number of carbonyl (C=O) groups excluding carboxylic acids is 1. The summed E-state index contributed by atoms with van der Waals surface area (Å²) in [7, 11) is 0. The molecule has 1 amide bonds. The molecule has 0 bridgehead atoms. The quantitative estimate of drug-likeness (QED) is 0.463. The molecule has 3 N–H and O–H groups in total. The summed E-state index contributed by atoms with van der Waals surface area (Å²) in [4.78, 5) is 22.9. The first kappa shape index (κ1) is 6.96. The summed E-state index contributed by atoms with van der Waals surface area (Å²) in [5.41, 5.74) is 4.35. The molecule has 1 atom stereocenters. The number of rotatable bonds is 0. The number of hydrogen-bond donors (Lipinski definition) is 2. The van der Waals surface area contributed by atoms with Gasteiger partial charge in [-0.25, -0.2) is 9.98 Å². The second-order valence-corrected chi connectivity index (χ2v) is 2.72. The van der Waals surface area contributed by atoms with E-state index in [4.69, 9.17) is 5.73 Å². The van der Waals surface area contributed by atoms with Gasteiger partial charge in [-0.2, -0.15) is 4.99 Å². The predicted molar refractivity (Wildman–Crippen MR) is 44.1 cm³/mol. The molecule has 1 unspecified atom stereocenters. The summed E-state index contributed by atoms with van der Waals surface area (Å²) in [5.74, 6) is 0.132. The van der Waals surface area contributed by atoms with E-state index in [0.29, 0.717) is 5.84 Å². The summed E-state index contributed by atoms with van der Waals surface area (Å²) in [6.07, 6.45) is 1.32. The van der Waals surface area contributed by atoms with Crippen molar-refractivity contribution >= 4 is 24.0 Å². The van der Waals surface area contributed by atoms with E-state index in [1.165, 1.54) is 6.34 Å². The minimum absolute atomic E-state index is 0.0710. The van der Waals surface area contributed by atoms with Crippen LogP contribution in [0, 0.1) is 0 Å². The van der Waals surface area contributed by atoms with E-state index in [-0.39, 0.29) is 11.9 Å². The van der Waals surface area contributed by atoms with E-state index in [0.717, 1.165) is 0 Å². The number of aliphatic imine (C=N–C) groups is 3. The van der Waals surface area contributed by atoms with Gasteiger partial charge in [-0.05, 0) is 6.92 Å². The first-order chi connectivity index (χ1) is 5.63. The van der Waals surface area contributed by atoms with Crippen molar-refractivity contribution in [2.75, 3.05) is 0 Å². The predicted octanol–water partition coefficient (Wildman–Crippen LogP) is -1.37. The Kier molecular flexibility index (Phi) is 1.10. The summed E-state index contributed by atoms with van der Waals surface area (Å²) in [6.45, 7) is 1.64. The Labute approximate surface area is 68.3 Å². The van der Waals surface area contributed by atoms with Crippen LogP contribution >= 0.6 is 0 Å². The maximum atomic E-state index is 11.3. The van der Waals surface area contributed by atoms with Crippen LogP contribution in [0.1, 0.15) is 6.92 Å². The van der Waals surface area contributed by atoms with Crippen molar-refractivity contribution < 1.29 is 4.79 Å². The molecule has 2 heterocycles. The maximum absolute atomic E-state index is 11.3. The summed E-state index contributed by atoms with van der Waals surface area (Å²) in [5, 5.41) is 2.39. The number of nitrogens with zero attached hydrogens (tertiary/aromatic N) is 3. The fraction of sp³-hybridized carbons (Fsp3) is 0.333. The molecule has 0 saturated carbocycles. The van der Waals surface area contributed by atoms with Crippen molar-refractivity contribution in [3.63, 3.8) is 0 Å². The molecule has 0 saturated heterocycles. The van der Waals surface area contributed by atoms with Gasteiger partial charge >= 0.3 is 0 Å². The van der Waals surface area contributed by atoms with Crippen molar-refractivity contribution in [1.29, 1.82) is 0 Å². The molecular formula is C6H7N5O. The van der Waals surface area contributed by atoms with E-state index in [2.05, 4.69) is 20.3 Å². The largest absolute Gasteiger partial charge is 0.369 e. The average molecular weight is 165 g/mol. The molecule has 0 radical (unpaired) electrons. The van der Waals surface area contributed by atoms with Gasteiger partial charge in [-0.15, -0.1) is 0 Å². The number of amidine groups is 1. The lowest BCUT2D eigenvalue weighted by atomic mass is 10.0. The molecule has 2 aliphatic heterocycles. The van der Waals surface area contributed by atoms with Crippen LogP contribution in [0.15, 0.2) is 15.0 Å². The van der Waals surface area contributed by atoms with Crippen LogP contribution in [0.2, 0.25) is 0 Å².